The molecule has 0 saturated carbocycles. The molecule has 0 fully saturated rings. The van der Waals surface area contributed by atoms with Crippen LogP contribution >= 0.6 is 0 Å². The average molecular weight is 128 g/mol. The maximum Gasteiger partial charge on any atom is 0.114 e. The lowest BCUT2D eigenvalue weighted by Gasteiger charge is -1.88. The highest BCUT2D eigenvalue weighted by Gasteiger charge is 1.84. The molecule has 0 spiro atoms. The first-order chi connectivity index (χ1) is 4.35. The summed E-state index contributed by atoms with van der Waals surface area (Å²) in [6, 6.07) is 0. The molecule has 0 aromatic rings. The Morgan fingerprint density at radius 3 is 2.56 bits per heavy atom. The van der Waals surface area contributed by atoms with E-state index in [1.54, 1.807) is 6.08 Å². The lowest BCUT2D eigenvalue weighted by atomic mass is 10.2. The van der Waals surface area contributed by atoms with Gasteiger partial charge in [-0.3, -0.25) is 0 Å². The van der Waals surface area contributed by atoms with Gasteiger partial charge in [-0.1, -0.05) is 25.2 Å². The zero-order valence-electron chi connectivity index (χ0n) is 6.02. The summed E-state index contributed by atoms with van der Waals surface area (Å²) in [6.45, 7) is 3.52. The molecule has 0 amide bonds. The minimum atomic E-state index is -0.354. The molecule has 0 aromatic heterocycles. The molecule has 52 valence electrons. The molecule has 0 radical (unpaired) electrons. The van der Waals surface area contributed by atoms with E-state index in [2.05, 4.69) is 0 Å². The third-order valence-corrected chi connectivity index (χ3v) is 1.09. The lowest BCUT2D eigenvalue weighted by molar-refractivity contribution is 0.549. The van der Waals surface area contributed by atoms with Crippen LogP contribution in [-0.2, 0) is 0 Å². The SMILES string of the molecule is C/C=C(\C=C/CC)CF. The standard InChI is InChI=1S/C8H13F/c1-3-5-6-8(4-2)7-9/h4-6H,3,7H2,1-2H3/b6-5-,8-4+. The number of allylic oxidation sites excluding steroid dienone is 4. The minimum absolute atomic E-state index is 0.354. The Morgan fingerprint density at radius 2 is 2.22 bits per heavy atom. The third kappa shape index (κ3) is 3.95. The summed E-state index contributed by atoms with van der Waals surface area (Å²) >= 11 is 0. The molecule has 0 N–H and O–H groups in total. The van der Waals surface area contributed by atoms with Crippen molar-refractivity contribution in [1.29, 1.82) is 0 Å². The predicted octanol–water partition coefficient (Wildman–Crippen LogP) is 2.87. The Kier molecular flexibility index (Phi) is 5.18. The number of hydrogen-bond donors (Lipinski definition) is 0. The Morgan fingerprint density at radius 1 is 1.56 bits per heavy atom. The van der Waals surface area contributed by atoms with Crippen molar-refractivity contribution in [2.75, 3.05) is 6.67 Å². The Bertz CT molecular complexity index is 112. The molecular weight excluding hydrogens is 115 g/mol. The van der Waals surface area contributed by atoms with E-state index in [9.17, 15) is 4.39 Å². The number of rotatable bonds is 3. The van der Waals surface area contributed by atoms with Crippen LogP contribution in [-0.4, -0.2) is 6.67 Å². The van der Waals surface area contributed by atoms with Gasteiger partial charge in [0.05, 0.1) is 0 Å². The molecule has 0 nitrogen and oxygen atoms in total. The second kappa shape index (κ2) is 5.54. The molecule has 0 aliphatic heterocycles. The first-order valence-electron chi connectivity index (χ1n) is 3.22. The Labute approximate surface area is 56.1 Å². The normalized spacial score (nSPS) is 13.0. The highest BCUT2D eigenvalue weighted by Crippen LogP contribution is 1.97. The van der Waals surface area contributed by atoms with Crippen LogP contribution in [0.5, 0.6) is 0 Å². The van der Waals surface area contributed by atoms with Gasteiger partial charge < -0.3 is 0 Å². The fourth-order valence-corrected chi connectivity index (χ4v) is 0.487. The molecule has 0 rings (SSSR count). The van der Waals surface area contributed by atoms with Gasteiger partial charge in [0.15, 0.2) is 0 Å². The van der Waals surface area contributed by atoms with E-state index < -0.39 is 0 Å². The van der Waals surface area contributed by atoms with Crippen LogP contribution in [0.2, 0.25) is 0 Å². The van der Waals surface area contributed by atoms with Crippen molar-refractivity contribution >= 4 is 0 Å². The van der Waals surface area contributed by atoms with Crippen LogP contribution in [0.15, 0.2) is 23.8 Å². The number of hydrogen-bond acceptors (Lipinski definition) is 0. The highest BCUT2D eigenvalue weighted by molar-refractivity contribution is 5.17. The summed E-state index contributed by atoms with van der Waals surface area (Å²) in [6.07, 6.45) is 6.53. The summed E-state index contributed by atoms with van der Waals surface area (Å²) in [4.78, 5) is 0. The number of halogens is 1. The van der Waals surface area contributed by atoms with E-state index in [1.165, 1.54) is 0 Å². The Balaban J connectivity index is 3.70. The van der Waals surface area contributed by atoms with Gasteiger partial charge in [-0.15, -0.1) is 0 Å². The first kappa shape index (κ1) is 8.41. The molecule has 0 atom stereocenters. The zero-order chi connectivity index (χ0) is 7.11. The van der Waals surface area contributed by atoms with E-state index in [0.29, 0.717) is 0 Å². The monoisotopic (exact) mass is 128 g/mol. The molecule has 0 bridgehead atoms. The molecule has 0 heterocycles. The van der Waals surface area contributed by atoms with E-state index >= 15 is 0 Å². The molecule has 0 saturated heterocycles. The van der Waals surface area contributed by atoms with Crippen LogP contribution in [0.4, 0.5) is 4.39 Å². The van der Waals surface area contributed by atoms with Crippen molar-refractivity contribution in [3.8, 4) is 0 Å². The number of alkyl halides is 1. The predicted molar refractivity (Wildman–Crippen MR) is 39.2 cm³/mol. The van der Waals surface area contributed by atoms with Crippen LogP contribution in [0.3, 0.4) is 0 Å². The van der Waals surface area contributed by atoms with Gasteiger partial charge >= 0.3 is 0 Å². The van der Waals surface area contributed by atoms with Crippen LogP contribution in [0.1, 0.15) is 20.3 Å². The second-order valence-electron chi connectivity index (χ2n) is 1.81. The molecule has 0 aromatic carbocycles. The average Bonchev–Trinajstić information content (AvgIpc) is 1.91. The van der Waals surface area contributed by atoms with Crippen molar-refractivity contribution in [2.24, 2.45) is 0 Å². The van der Waals surface area contributed by atoms with Crippen LogP contribution in [0, 0.1) is 0 Å². The maximum absolute atomic E-state index is 11.9. The van der Waals surface area contributed by atoms with Gasteiger partial charge in [0, 0.05) is 0 Å². The largest absolute Gasteiger partial charge is 0.246 e. The summed E-state index contributed by atoms with van der Waals surface area (Å²) in [5.74, 6) is 0. The van der Waals surface area contributed by atoms with Gasteiger partial charge in [-0.05, 0) is 18.9 Å². The van der Waals surface area contributed by atoms with E-state index in [1.807, 2.05) is 26.0 Å². The summed E-state index contributed by atoms with van der Waals surface area (Å²) in [5, 5.41) is 0. The van der Waals surface area contributed by atoms with Crippen LogP contribution < -0.4 is 0 Å². The van der Waals surface area contributed by atoms with Crippen molar-refractivity contribution in [1.82, 2.24) is 0 Å². The van der Waals surface area contributed by atoms with Crippen LogP contribution in [0.25, 0.3) is 0 Å². The van der Waals surface area contributed by atoms with Crippen molar-refractivity contribution < 1.29 is 4.39 Å². The van der Waals surface area contributed by atoms with E-state index in [0.717, 1.165) is 12.0 Å². The summed E-state index contributed by atoms with van der Waals surface area (Å²) in [7, 11) is 0. The molecule has 1 heteroatoms. The van der Waals surface area contributed by atoms with Gasteiger partial charge in [-0.25, -0.2) is 4.39 Å². The smallest absolute Gasteiger partial charge is 0.114 e. The van der Waals surface area contributed by atoms with E-state index in [-0.39, 0.29) is 6.67 Å². The first-order valence-corrected chi connectivity index (χ1v) is 3.22. The highest BCUT2D eigenvalue weighted by atomic mass is 19.1. The summed E-state index contributed by atoms with van der Waals surface area (Å²) < 4.78 is 11.9. The molecular formula is C8H13F. The lowest BCUT2D eigenvalue weighted by Crippen LogP contribution is -1.77. The molecule has 0 aliphatic carbocycles. The molecule has 0 aliphatic rings. The minimum Gasteiger partial charge on any atom is -0.246 e. The van der Waals surface area contributed by atoms with Gasteiger partial charge in [-0.2, -0.15) is 0 Å². The van der Waals surface area contributed by atoms with Crippen molar-refractivity contribution in [3.05, 3.63) is 23.8 Å². The fraction of sp³-hybridized carbons (Fsp3) is 0.500. The topological polar surface area (TPSA) is 0 Å². The maximum atomic E-state index is 11.9. The van der Waals surface area contributed by atoms with Gasteiger partial charge in [0.1, 0.15) is 6.67 Å². The third-order valence-electron chi connectivity index (χ3n) is 1.09. The summed E-state index contributed by atoms with van der Waals surface area (Å²) in [5.41, 5.74) is 0.761. The van der Waals surface area contributed by atoms with E-state index in [4.69, 9.17) is 0 Å². The van der Waals surface area contributed by atoms with Crippen molar-refractivity contribution in [3.63, 3.8) is 0 Å². The van der Waals surface area contributed by atoms with Gasteiger partial charge in [0.2, 0.25) is 0 Å². The van der Waals surface area contributed by atoms with Gasteiger partial charge in [0.25, 0.3) is 0 Å². The Hall–Kier alpha value is -0.590. The second-order valence-corrected chi connectivity index (χ2v) is 1.81. The quantitative estimate of drug-likeness (QED) is 0.513. The molecule has 0 unspecified atom stereocenters. The van der Waals surface area contributed by atoms with Crippen molar-refractivity contribution in [2.45, 2.75) is 20.3 Å². The zero-order valence-corrected chi connectivity index (χ0v) is 6.02. The molecule has 9 heavy (non-hydrogen) atoms. The fourth-order valence-electron chi connectivity index (χ4n) is 0.487.